The lowest BCUT2D eigenvalue weighted by Gasteiger charge is -2.11. The maximum Gasteiger partial charge on any atom is 0.224 e. The van der Waals surface area contributed by atoms with Gasteiger partial charge in [0.25, 0.3) is 0 Å². The number of aryl methyl sites for hydroxylation is 3. The summed E-state index contributed by atoms with van der Waals surface area (Å²) in [4.78, 5) is 21.5. The number of hydrogen-bond acceptors (Lipinski definition) is 4. The number of benzene rings is 1. The number of nitrogens with zero attached hydrogens (tertiary/aromatic N) is 4. The molecular weight excluding hydrogens is 350 g/mol. The summed E-state index contributed by atoms with van der Waals surface area (Å²) in [5, 5.41) is 8.48. The highest BCUT2D eigenvalue weighted by Crippen LogP contribution is 2.22. The minimum absolute atomic E-state index is 0.00422. The molecule has 3 heterocycles. The van der Waals surface area contributed by atoms with Gasteiger partial charge in [0, 0.05) is 29.7 Å². The molecule has 0 unspecified atom stereocenters. The van der Waals surface area contributed by atoms with E-state index in [0.29, 0.717) is 18.5 Å². The molecule has 1 amide bonds. The van der Waals surface area contributed by atoms with Crippen LogP contribution in [0.15, 0.2) is 42.6 Å². The van der Waals surface area contributed by atoms with Gasteiger partial charge in [-0.15, -0.1) is 5.10 Å². The topological polar surface area (TPSA) is 72.2 Å². The molecule has 0 bridgehead atoms. The summed E-state index contributed by atoms with van der Waals surface area (Å²) >= 11 is 0. The molecule has 0 aliphatic heterocycles. The Kier molecular flexibility index (Phi) is 4.77. The molecule has 0 atom stereocenters. The van der Waals surface area contributed by atoms with Crippen LogP contribution in [-0.2, 0) is 17.6 Å². The summed E-state index contributed by atoms with van der Waals surface area (Å²) in [6.07, 6.45) is 3.72. The van der Waals surface area contributed by atoms with Crippen molar-refractivity contribution in [1.29, 1.82) is 0 Å². The summed E-state index contributed by atoms with van der Waals surface area (Å²) in [5.41, 5.74) is 6.55. The fourth-order valence-corrected chi connectivity index (χ4v) is 3.51. The van der Waals surface area contributed by atoms with Crippen molar-refractivity contribution < 1.29 is 4.79 Å². The molecule has 3 aromatic heterocycles. The Hall–Kier alpha value is -3.28. The summed E-state index contributed by atoms with van der Waals surface area (Å²) in [5.74, 6) is -0.00422. The van der Waals surface area contributed by atoms with E-state index in [0.717, 1.165) is 40.1 Å². The average Bonchev–Trinajstić information content (AvgIpc) is 3.07. The van der Waals surface area contributed by atoms with E-state index in [2.05, 4.69) is 22.3 Å². The van der Waals surface area contributed by atoms with Crippen LogP contribution in [0.5, 0.6) is 0 Å². The third kappa shape index (κ3) is 3.33. The molecule has 6 heteroatoms. The first kappa shape index (κ1) is 18.1. The number of nitrogens with one attached hydrogen (secondary N) is 1. The Morgan fingerprint density at radius 2 is 1.93 bits per heavy atom. The number of rotatable bonds is 5. The fourth-order valence-electron chi connectivity index (χ4n) is 3.51. The van der Waals surface area contributed by atoms with Crippen LogP contribution in [0.4, 0.5) is 5.69 Å². The van der Waals surface area contributed by atoms with Gasteiger partial charge in [-0.2, -0.15) is 0 Å². The lowest BCUT2D eigenvalue weighted by Crippen LogP contribution is -2.14. The molecule has 6 nitrogen and oxygen atoms in total. The number of carbonyl (C=O) groups excluding carboxylic acids is 1. The predicted octanol–water partition coefficient (Wildman–Crippen LogP) is 4.03. The molecule has 0 radical (unpaired) electrons. The zero-order chi connectivity index (χ0) is 19.7. The molecule has 1 N–H and O–H groups in total. The highest BCUT2D eigenvalue weighted by atomic mass is 16.1. The van der Waals surface area contributed by atoms with E-state index >= 15 is 0 Å². The number of amides is 1. The summed E-state index contributed by atoms with van der Waals surface area (Å²) in [7, 11) is 0. The Bertz CT molecular complexity index is 1160. The van der Waals surface area contributed by atoms with Gasteiger partial charge < -0.3 is 5.32 Å². The van der Waals surface area contributed by atoms with Gasteiger partial charge in [0.1, 0.15) is 0 Å². The largest absolute Gasteiger partial charge is 0.326 e. The summed E-state index contributed by atoms with van der Waals surface area (Å²) < 4.78 is 1.83. The van der Waals surface area contributed by atoms with E-state index in [9.17, 15) is 4.79 Å². The maximum atomic E-state index is 12.4. The third-order valence-corrected chi connectivity index (χ3v) is 5.14. The lowest BCUT2D eigenvalue weighted by atomic mass is 10.1. The molecule has 0 aliphatic rings. The first-order valence-corrected chi connectivity index (χ1v) is 9.55. The molecule has 0 saturated heterocycles. The van der Waals surface area contributed by atoms with E-state index < -0.39 is 0 Å². The Labute approximate surface area is 163 Å². The number of anilines is 1. The van der Waals surface area contributed by atoms with Gasteiger partial charge in [0.2, 0.25) is 5.91 Å². The second-order valence-electron chi connectivity index (χ2n) is 6.97. The van der Waals surface area contributed by atoms with E-state index in [1.807, 2.05) is 54.8 Å². The van der Waals surface area contributed by atoms with E-state index in [-0.39, 0.29) is 5.91 Å². The minimum atomic E-state index is -0.00422. The molecule has 0 saturated carbocycles. The second-order valence-corrected chi connectivity index (χ2v) is 6.97. The zero-order valence-electron chi connectivity index (χ0n) is 16.4. The maximum absolute atomic E-state index is 12.4. The van der Waals surface area contributed by atoms with Gasteiger partial charge in [0.15, 0.2) is 11.3 Å². The van der Waals surface area contributed by atoms with Crippen LogP contribution in [-0.4, -0.2) is 25.5 Å². The van der Waals surface area contributed by atoms with Gasteiger partial charge in [-0.25, -0.2) is 14.5 Å². The van der Waals surface area contributed by atoms with Crippen molar-refractivity contribution >= 4 is 28.3 Å². The molecule has 4 rings (SSSR count). The number of aromatic nitrogens is 4. The molecule has 0 spiro atoms. The van der Waals surface area contributed by atoms with Crippen LogP contribution in [0.1, 0.15) is 35.9 Å². The third-order valence-electron chi connectivity index (χ3n) is 5.14. The van der Waals surface area contributed by atoms with Gasteiger partial charge in [-0.3, -0.25) is 4.79 Å². The van der Waals surface area contributed by atoms with E-state index in [1.165, 1.54) is 5.56 Å². The van der Waals surface area contributed by atoms with Gasteiger partial charge >= 0.3 is 0 Å². The van der Waals surface area contributed by atoms with Crippen LogP contribution in [0.2, 0.25) is 0 Å². The molecule has 0 aliphatic carbocycles. The Balaban J connectivity index is 1.54. The van der Waals surface area contributed by atoms with Crippen LogP contribution in [0.25, 0.3) is 16.7 Å². The standard InChI is InChI=1S/C22H23N5O/c1-4-16-7-9-17(10-8-16)25-20(28)12-11-18-14(2)24-22-19-6-5-13-23-21(19)26-27(22)15(18)3/h5-10,13H,4,11-12H2,1-3H3,(H,25,28). The van der Waals surface area contributed by atoms with Crippen molar-refractivity contribution in [1.82, 2.24) is 19.6 Å². The lowest BCUT2D eigenvalue weighted by molar-refractivity contribution is -0.116. The molecule has 28 heavy (non-hydrogen) atoms. The Morgan fingerprint density at radius 3 is 2.68 bits per heavy atom. The van der Waals surface area contributed by atoms with Crippen LogP contribution in [0.3, 0.4) is 0 Å². The second kappa shape index (κ2) is 7.38. The van der Waals surface area contributed by atoms with Crippen molar-refractivity contribution in [2.24, 2.45) is 0 Å². The summed E-state index contributed by atoms with van der Waals surface area (Å²) in [6, 6.07) is 11.8. The van der Waals surface area contributed by atoms with Crippen molar-refractivity contribution in [3.63, 3.8) is 0 Å². The molecule has 0 fully saturated rings. The first-order valence-electron chi connectivity index (χ1n) is 9.55. The highest BCUT2D eigenvalue weighted by molar-refractivity contribution is 5.91. The van der Waals surface area contributed by atoms with Crippen LogP contribution in [0, 0.1) is 13.8 Å². The Morgan fingerprint density at radius 1 is 1.14 bits per heavy atom. The normalized spacial score (nSPS) is 11.2. The van der Waals surface area contributed by atoms with E-state index in [1.54, 1.807) is 6.20 Å². The smallest absolute Gasteiger partial charge is 0.224 e. The fraction of sp³-hybridized carbons (Fsp3) is 0.273. The van der Waals surface area contributed by atoms with Crippen molar-refractivity contribution in [2.45, 2.75) is 40.0 Å². The van der Waals surface area contributed by atoms with Crippen LogP contribution >= 0.6 is 0 Å². The van der Waals surface area contributed by atoms with Crippen LogP contribution < -0.4 is 5.32 Å². The number of carbonyl (C=O) groups is 1. The highest BCUT2D eigenvalue weighted by Gasteiger charge is 2.15. The first-order chi connectivity index (χ1) is 13.6. The van der Waals surface area contributed by atoms with Crippen molar-refractivity contribution in [2.75, 3.05) is 5.32 Å². The monoisotopic (exact) mass is 373 g/mol. The number of fused-ring (bicyclic) bond motifs is 3. The van der Waals surface area contributed by atoms with Crippen molar-refractivity contribution in [3.05, 3.63) is 65.1 Å². The number of pyridine rings is 1. The van der Waals surface area contributed by atoms with E-state index in [4.69, 9.17) is 4.98 Å². The molecule has 1 aromatic carbocycles. The number of hydrogen-bond donors (Lipinski definition) is 1. The predicted molar refractivity (Wildman–Crippen MR) is 111 cm³/mol. The quantitative estimate of drug-likeness (QED) is 0.573. The van der Waals surface area contributed by atoms with Crippen molar-refractivity contribution in [3.8, 4) is 0 Å². The summed E-state index contributed by atoms with van der Waals surface area (Å²) in [6.45, 7) is 6.12. The van der Waals surface area contributed by atoms with Gasteiger partial charge in [0.05, 0.1) is 5.39 Å². The SMILES string of the molecule is CCc1ccc(NC(=O)CCc2c(C)nc3c4cccnc4nn3c2C)cc1. The molecular formula is C22H23N5O. The van der Waals surface area contributed by atoms with Gasteiger partial charge in [-0.1, -0.05) is 19.1 Å². The average molecular weight is 373 g/mol. The molecule has 4 aromatic rings. The zero-order valence-corrected chi connectivity index (χ0v) is 16.4. The van der Waals surface area contributed by atoms with Gasteiger partial charge in [-0.05, 0) is 62.1 Å². The minimum Gasteiger partial charge on any atom is -0.326 e. The molecule has 142 valence electrons.